The number of fused-ring (bicyclic) bond motifs is 1. The van der Waals surface area contributed by atoms with E-state index in [1.54, 1.807) is 24.3 Å². The Labute approximate surface area is 159 Å². The van der Waals surface area contributed by atoms with Crippen LogP contribution < -0.4 is 5.32 Å². The largest absolute Gasteiger partial charge is 0.325 e. The van der Waals surface area contributed by atoms with Crippen molar-refractivity contribution in [1.29, 1.82) is 0 Å². The molecule has 7 heteroatoms. The number of benzene rings is 2. The summed E-state index contributed by atoms with van der Waals surface area (Å²) in [5.41, 5.74) is 3.01. The fourth-order valence-electron chi connectivity index (χ4n) is 2.89. The lowest BCUT2D eigenvalue weighted by Gasteiger charge is -2.19. The molecule has 1 heterocycles. The van der Waals surface area contributed by atoms with Crippen molar-refractivity contribution >= 4 is 32.5 Å². The summed E-state index contributed by atoms with van der Waals surface area (Å²) in [4.78, 5) is 16.7. The van der Waals surface area contributed by atoms with Crippen molar-refractivity contribution in [2.24, 2.45) is 0 Å². The van der Waals surface area contributed by atoms with E-state index in [0.29, 0.717) is 16.7 Å². The molecule has 27 heavy (non-hydrogen) atoms. The van der Waals surface area contributed by atoms with Crippen LogP contribution in [-0.4, -0.2) is 30.1 Å². The van der Waals surface area contributed by atoms with E-state index in [9.17, 15) is 13.2 Å². The number of para-hydroxylation sites is 2. The Balaban J connectivity index is 1.86. The van der Waals surface area contributed by atoms with Crippen molar-refractivity contribution in [1.82, 2.24) is 9.55 Å². The lowest BCUT2D eigenvalue weighted by Crippen LogP contribution is -2.21. The molecule has 3 rings (SSSR count). The van der Waals surface area contributed by atoms with Gasteiger partial charge in [0.2, 0.25) is 20.9 Å². The van der Waals surface area contributed by atoms with Gasteiger partial charge in [-0.15, -0.1) is 0 Å². The smallest absolute Gasteiger partial charge is 0.244 e. The fourth-order valence-corrected chi connectivity index (χ4v) is 3.71. The Morgan fingerprint density at radius 1 is 1.07 bits per heavy atom. The molecule has 0 fully saturated rings. The zero-order chi connectivity index (χ0) is 19.8. The molecule has 0 unspecified atom stereocenters. The molecule has 0 aliphatic heterocycles. The minimum atomic E-state index is -3.56. The topological polar surface area (TPSA) is 81.1 Å². The third kappa shape index (κ3) is 4.19. The minimum Gasteiger partial charge on any atom is -0.325 e. The lowest BCUT2D eigenvalue weighted by atomic mass is 9.87. The molecule has 0 bridgehead atoms. The number of sulfone groups is 1. The van der Waals surface area contributed by atoms with Crippen molar-refractivity contribution in [3.63, 3.8) is 0 Å². The first-order valence-corrected chi connectivity index (χ1v) is 10.5. The highest BCUT2D eigenvalue weighted by atomic mass is 32.2. The van der Waals surface area contributed by atoms with Gasteiger partial charge in [-0.1, -0.05) is 45.0 Å². The van der Waals surface area contributed by atoms with E-state index in [1.165, 1.54) is 10.1 Å². The van der Waals surface area contributed by atoms with E-state index in [2.05, 4.69) is 31.1 Å². The predicted molar refractivity (Wildman–Crippen MR) is 107 cm³/mol. The van der Waals surface area contributed by atoms with Gasteiger partial charge in [0.1, 0.15) is 6.54 Å². The molecule has 1 aromatic heterocycles. The maximum atomic E-state index is 12.5. The molecule has 0 aliphatic rings. The minimum absolute atomic E-state index is 0.0304. The van der Waals surface area contributed by atoms with Crippen molar-refractivity contribution in [3.05, 3.63) is 54.1 Å². The standard InChI is InChI=1S/C20H23N3O3S/c1-20(2,3)14-9-11-15(12-10-14)21-18(24)13-23-17-8-6-5-7-16(17)22-19(23)27(4,25)26/h5-12H,13H2,1-4H3,(H,21,24). The van der Waals surface area contributed by atoms with Crippen LogP contribution in [0.5, 0.6) is 0 Å². The molecular weight excluding hydrogens is 362 g/mol. The summed E-state index contributed by atoms with van der Waals surface area (Å²) < 4.78 is 25.6. The number of carbonyl (C=O) groups is 1. The highest BCUT2D eigenvalue weighted by molar-refractivity contribution is 7.90. The predicted octanol–water partition coefficient (Wildman–Crippen LogP) is 3.38. The van der Waals surface area contributed by atoms with Gasteiger partial charge in [-0.25, -0.2) is 13.4 Å². The highest BCUT2D eigenvalue weighted by Crippen LogP contribution is 2.24. The Bertz CT molecular complexity index is 1090. The Morgan fingerprint density at radius 2 is 1.70 bits per heavy atom. The van der Waals surface area contributed by atoms with E-state index in [1.807, 2.05) is 24.3 Å². The average molecular weight is 385 g/mol. The molecule has 0 aliphatic carbocycles. The SMILES string of the molecule is CC(C)(C)c1ccc(NC(=O)Cn2c(S(C)(=O)=O)nc3ccccc32)cc1. The maximum absolute atomic E-state index is 12.5. The number of anilines is 1. The number of hydrogen-bond acceptors (Lipinski definition) is 4. The van der Waals surface area contributed by atoms with Gasteiger partial charge in [-0.05, 0) is 35.2 Å². The number of rotatable bonds is 4. The quantitative estimate of drug-likeness (QED) is 0.746. The molecule has 1 N–H and O–H groups in total. The summed E-state index contributed by atoms with van der Waals surface area (Å²) in [6.45, 7) is 6.23. The fraction of sp³-hybridized carbons (Fsp3) is 0.300. The summed E-state index contributed by atoms with van der Waals surface area (Å²) in [6, 6.07) is 14.7. The number of imidazole rings is 1. The molecule has 0 spiro atoms. The molecule has 2 aromatic carbocycles. The molecule has 0 atom stereocenters. The second kappa shape index (κ2) is 6.81. The highest BCUT2D eigenvalue weighted by Gasteiger charge is 2.21. The zero-order valence-electron chi connectivity index (χ0n) is 15.9. The van der Waals surface area contributed by atoms with Crippen LogP contribution in [0.4, 0.5) is 5.69 Å². The summed E-state index contributed by atoms with van der Waals surface area (Å²) in [5, 5.41) is 2.71. The van der Waals surface area contributed by atoms with Crippen molar-refractivity contribution < 1.29 is 13.2 Å². The second-order valence-electron chi connectivity index (χ2n) is 7.62. The molecule has 3 aromatic rings. The van der Waals surface area contributed by atoms with E-state index in [0.717, 1.165) is 6.26 Å². The number of hydrogen-bond donors (Lipinski definition) is 1. The first kappa shape index (κ1) is 19.1. The van der Waals surface area contributed by atoms with Crippen LogP contribution in [0.1, 0.15) is 26.3 Å². The number of amides is 1. The lowest BCUT2D eigenvalue weighted by molar-refractivity contribution is -0.116. The Kier molecular flexibility index (Phi) is 4.82. The van der Waals surface area contributed by atoms with Gasteiger partial charge >= 0.3 is 0 Å². The molecule has 0 saturated carbocycles. The van der Waals surface area contributed by atoms with Gasteiger partial charge in [0.15, 0.2) is 0 Å². The van der Waals surface area contributed by atoms with Crippen LogP contribution in [0.2, 0.25) is 0 Å². The molecule has 0 saturated heterocycles. The van der Waals surface area contributed by atoms with Crippen LogP contribution in [-0.2, 0) is 26.6 Å². The van der Waals surface area contributed by atoms with Crippen molar-refractivity contribution in [2.45, 2.75) is 37.9 Å². The van der Waals surface area contributed by atoms with Crippen molar-refractivity contribution in [3.8, 4) is 0 Å². The maximum Gasteiger partial charge on any atom is 0.244 e. The summed E-state index contributed by atoms with van der Waals surface area (Å²) >= 11 is 0. The summed E-state index contributed by atoms with van der Waals surface area (Å²) in [7, 11) is -3.56. The zero-order valence-corrected chi connectivity index (χ0v) is 16.7. The number of nitrogens with one attached hydrogen (secondary N) is 1. The molecule has 1 amide bonds. The first-order chi connectivity index (χ1) is 12.6. The molecule has 142 valence electrons. The van der Waals surface area contributed by atoms with Crippen LogP contribution in [0.3, 0.4) is 0 Å². The normalized spacial score (nSPS) is 12.3. The van der Waals surface area contributed by atoms with Crippen LogP contribution in [0.25, 0.3) is 11.0 Å². The van der Waals surface area contributed by atoms with E-state index in [4.69, 9.17) is 0 Å². The number of aromatic nitrogens is 2. The summed E-state index contributed by atoms with van der Waals surface area (Å²) in [6.07, 6.45) is 1.09. The van der Waals surface area contributed by atoms with E-state index >= 15 is 0 Å². The summed E-state index contributed by atoms with van der Waals surface area (Å²) in [5.74, 6) is -0.313. The molecular formula is C20H23N3O3S. The monoisotopic (exact) mass is 385 g/mol. The van der Waals surface area contributed by atoms with Crippen LogP contribution in [0, 0.1) is 0 Å². The van der Waals surface area contributed by atoms with E-state index in [-0.39, 0.29) is 23.0 Å². The third-order valence-corrected chi connectivity index (χ3v) is 5.26. The van der Waals surface area contributed by atoms with Gasteiger partial charge in [-0.2, -0.15) is 0 Å². The van der Waals surface area contributed by atoms with E-state index < -0.39 is 9.84 Å². The van der Waals surface area contributed by atoms with Gasteiger partial charge in [0.25, 0.3) is 0 Å². The third-order valence-electron chi connectivity index (χ3n) is 4.29. The van der Waals surface area contributed by atoms with Gasteiger partial charge < -0.3 is 9.88 Å². The second-order valence-corrected chi connectivity index (χ2v) is 9.53. The Morgan fingerprint density at radius 3 is 2.30 bits per heavy atom. The molecule has 6 nitrogen and oxygen atoms in total. The van der Waals surface area contributed by atoms with Gasteiger partial charge in [-0.3, -0.25) is 4.79 Å². The van der Waals surface area contributed by atoms with Crippen LogP contribution in [0.15, 0.2) is 53.7 Å². The van der Waals surface area contributed by atoms with Crippen molar-refractivity contribution in [2.75, 3.05) is 11.6 Å². The first-order valence-electron chi connectivity index (χ1n) is 8.61. The average Bonchev–Trinajstić information content (AvgIpc) is 2.93. The number of nitrogens with zero attached hydrogens (tertiary/aromatic N) is 2. The van der Waals surface area contributed by atoms with Gasteiger partial charge in [0, 0.05) is 11.9 Å². The van der Waals surface area contributed by atoms with Gasteiger partial charge in [0.05, 0.1) is 11.0 Å². The number of carbonyl (C=O) groups excluding carboxylic acids is 1. The van der Waals surface area contributed by atoms with Crippen LogP contribution >= 0.6 is 0 Å². The Hall–Kier alpha value is -2.67. The molecule has 0 radical (unpaired) electrons.